The van der Waals surface area contributed by atoms with Crippen LogP contribution in [0, 0.1) is 5.92 Å². The van der Waals surface area contributed by atoms with Gasteiger partial charge in [-0.2, -0.15) is 4.68 Å². The molecule has 0 N–H and O–H groups in total. The van der Waals surface area contributed by atoms with Crippen molar-refractivity contribution in [1.82, 2.24) is 14.3 Å². The van der Waals surface area contributed by atoms with E-state index < -0.39 is 6.09 Å². The lowest BCUT2D eigenvalue weighted by Crippen LogP contribution is -2.46. The van der Waals surface area contributed by atoms with Crippen molar-refractivity contribution in [2.45, 2.75) is 70.4 Å². The van der Waals surface area contributed by atoms with Gasteiger partial charge in [-0.25, -0.2) is 14.3 Å². The molecule has 0 saturated heterocycles. The molecule has 8 heteroatoms. The lowest BCUT2D eigenvalue weighted by molar-refractivity contribution is 0.0699. The van der Waals surface area contributed by atoms with E-state index in [0.29, 0.717) is 43.0 Å². The van der Waals surface area contributed by atoms with Crippen LogP contribution in [-0.4, -0.2) is 51.7 Å². The topological polar surface area (TPSA) is 82.8 Å². The summed E-state index contributed by atoms with van der Waals surface area (Å²) in [6.45, 7) is 2.40. The molecule has 164 valence electrons. The summed E-state index contributed by atoms with van der Waals surface area (Å²) in [6, 6.07) is 0.118. The molecule has 0 aromatic carbocycles. The molecule has 30 heavy (non-hydrogen) atoms. The predicted octanol–water partition coefficient (Wildman–Crippen LogP) is 3.01. The highest BCUT2D eigenvalue weighted by atomic mass is 16.6. The maximum absolute atomic E-state index is 12.9. The van der Waals surface area contributed by atoms with Gasteiger partial charge in [0.05, 0.1) is 18.9 Å². The minimum Gasteiger partial charge on any atom is -0.449 e. The molecule has 0 bridgehead atoms. The van der Waals surface area contributed by atoms with Gasteiger partial charge >= 0.3 is 12.2 Å². The van der Waals surface area contributed by atoms with Crippen LogP contribution < -0.4 is 5.56 Å². The highest BCUT2D eigenvalue weighted by Crippen LogP contribution is 2.34. The van der Waals surface area contributed by atoms with Crippen molar-refractivity contribution in [2.24, 2.45) is 13.0 Å². The first kappa shape index (κ1) is 20.8. The maximum Gasteiger partial charge on any atom is 0.433 e. The van der Waals surface area contributed by atoms with Gasteiger partial charge in [-0.1, -0.05) is 12.2 Å². The molecule has 8 nitrogen and oxygen atoms in total. The monoisotopic (exact) mass is 417 g/mol. The standard InChI is InChI=1S/C22H31N3O5/c1-3-29-22(28)25-19-12-11-17(13-18(19)20(26)23(25)2)24(16-9-10-16)21(27)30-14-15-7-5-4-6-8-15/h5,7,15-17H,3-4,6,8-14H2,1-2H3. The van der Waals surface area contributed by atoms with Crippen molar-refractivity contribution in [3.63, 3.8) is 0 Å². The molecule has 1 saturated carbocycles. The number of aromatic nitrogens is 2. The molecule has 0 spiro atoms. The van der Waals surface area contributed by atoms with Crippen molar-refractivity contribution in [3.8, 4) is 0 Å². The normalized spacial score (nSPS) is 23.0. The second-order valence-electron chi connectivity index (χ2n) is 8.50. The molecular weight excluding hydrogens is 386 g/mol. The van der Waals surface area contributed by atoms with E-state index in [2.05, 4.69) is 12.2 Å². The molecule has 0 radical (unpaired) electrons. The Bertz CT molecular complexity index is 895. The van der Waals surface area contributed by atoms with Crippen LogP contribution in [0.2, 0.25) is 0 Å². The molecule has 2 unspecified atom stereocenters. The van der Waals surface area contributed by atoms with Crippen LogP contribution >= 0.6 is 0 Å². The fourth-order valence-corrected chi connectivity index (χ4v) is 4.70. The van der Waals surface area contributed by atoms with Crippen molar-refractivity contribution in [1.29, 1.82) is 0 Å². The summed E-state index contributed by atoms with van der Waals surface area (Å²) in [5.74, 6) is 0.299. The first-order chi connectivity index (χ1) is 14.5. The number of nitrogens with zero attached hydrogens (tertiary/aromatic N) is 3. The SMILES string of the molecule is CCOC(=O)n1c2c(c(=O)n1C)CC(N(C(=O)OCC1C=CCCC1)C1CC1)CC2. The number of carbonyl (C=O) groups is 2. The Kier molecular flexibility index (Phi) is 6.01. The van der Waals surface area contributed by atoms with Crippen molar-refractivity contribution in [3.05, 3.63) is 33.8 Å². The number of fused-ring (bicyclic) bond motifs is 1. The predicted molar refractivity (Wildman–Crippen MR) is 111 cm³/mol. The molecule has 1 heterocycles. The van der Waals surface area contributed by atoms with Gasteiger partial charge < -0.3 is 14.4 Å². The Morgan fingerprint density at radius 1 is 1.17 bits per heavy atom. The number of ether oxygens (including phenoxy) is 2. The van der Waals surface area contributed by atoms with Gasteiger partial charge in [0.15, 0.2) is 0 Å². The minimum atomic E-state index is -0.532. The van der Waals surface area contributed by atoms with E-state index in [0.717, 1.165) is 32.1 Å². The zero-order valence-electron chi connectivity index (χ0n) is 17.8. The van der Waals surface area contributed by atoms with Crippen LogP contribution in [0.1, 0.15) is 56.7 Å². The second-order valence-corrected chi connectivity index (χ2v) is 8.50. The molecule has 4 rings (SSSR count). The Labute approximate surface area is 176 Å². The Morgan fingerprint density at radius 2 is 1.97 bits per heavy atom. The van der Waals surface area contributed by atoms with Crippen LogP contribution in [0.25, 0.3) is 0 Å². The largest absolute Gasteiger partial charge is 0.449 e. The average molecular weight is 418 g/mol. The van der Waals surface area contributed by atoms with Crippen molar-refractivity contribution >= 4 is 12.2 Å². The highest BCUT2D eigenvalue weighted by molar-refractivity contribution is 5.71. The molecule has 0 aliphatic heterocycles. The number of amides is 1. The summed E-state index contributed by atoms with van der Waals surface area (Å²) in [7, 11) is 1.58. The number of allylic oxidation sites excluding steroid dienone is 1. The van der Waals surface area contributed by atoms with Crippen LogP contribution in [0.4, 0.5) is 9.59 Å². The Balaban J connectivity index is 1.49. The summed E-state index contributed by atoms with van der Waals surface area (Å²) in [6.07, 6.45) is 10.4. The van der Waals surface area contributed by atoms with Gasteiger partial charge in [0.1, 0.15) is 0 Å². The Morgan fingerprint density at radius 3 is 2.63 bits per heavy atom. The van der Waals surface area contributed by atoms with Gasteiger partial charge in [0.25, 0.3) is 5.56 Å². The van der Waals surface area contributed by atoms with Gasteiger partial charge in [-0.3, -0.25) is 4.79 Å². The molecule has 3 aliphatic rings. The van der Waals surface area contributed by atoms with Crippen LogP contribution in [0.15, 0.2) is 16.9 Å². The molecule has 1 aromatic heterocycles. The van der Waals surface area contributed by atoms with Crippen molar-refractivity contribution < 1.29 is 19.1 Å². The maximum atomic E-state index is 12.9. The van der Waals surface area contributed by atoms with Crippen LogP contribution in [0.5, 0.6) is 0 Å². The van der Waals surface area contributed by atoms with E-state index in [1.807, 2.05) is 4.90 Å². The molecule has 2 atom stereocenters. The third-order valence-electron chi connectivity index (χ3n) is 6.37. The minimum absolute atomic E-state index is 0.0786. The number of rotatable bonds is 5. The third-order valence-corrected chi connectivity index (χ3v) is 6.37. The third kappa shape index (κ3) is 4.04. The van der Waals surface area contributed by atoms with Gasteiger partial charge in [0, 0.05) is 37.0 Å². The van der Waals surface area contributed by atoms with Gasteiger partial charge in [0.2, 0.25) is 0 Å². The second kappa shape index (κ2) is 8.70. The number of carbonyl (C=O) groups excluding carboxylic acids is 2. The number of hydrogen-bond donors (Lipinski definition) is 0. The highest BCUT2D eigenvalue weighted by Gasteiger charge is 2.41. The van der Waals surface area contributed by atoms with Crippen LogP contribution in [-0.2, 0) is 29.4 Å². The van der Waals surface area contributed by atoms with Crippen molar-refractivity contribution in [2.75, 3.05) is 13.2 Å². The molecule has 3 aliphatic carbocycles. The Hall–Kier alpha value is -2.51. The first-order valence-electron chi connectivity index (χ1n) is 11.1. The summed E-state index contributed by atoms with van der Waals surface area (Å²) in [5, 5.41) is 0. The van der Waals surface area contributed by atoms with E-state index in [9.17, 15) is 14.4 Å². The first-order valence-corrected chi connectivity index (χ1v) is 11.1. The summed E-state index contributed by atoms with van der Waals surface area (Å²) in [4.78, 5) is 39.9. The van der Waals surface area contributed by atoms with E-state index in [-0.39, 0.29) is 30.3 Å². The lowest BCUT2D eigenvalue weighted by atomic mass is 9.92. The van der Waals surface area contributed by atoms with E-state index in [1.54, 1.807) is 14.0 Å². The fraction of sp³-hybridized carbons (Fsp3) is 0.682. The smallest absolute Gasteiger partial charge is 0.433 e. The van der Waals surface area contributed by atoms with Gasteiger partial charge in [-0.15, -0.1) is 0 Å². The van der Waals surface area contributed by atoms with E-state index >= 15 is 0 Å². The molecule has 1 fully saturated rings. The zero-order chi connectivity index (χ0) is 21.3. The van der Waals surface area contributed by atoms with Gasteiger partial charge in [-0.05, 0) is 51.9 Å². The molecule has 1 amide bonds. The van der Waals surface area contributed by atoms with E-state index in [1.165, 1.54) is 9.36 Å². The van der Waals surface area contributed by atoms with Crippen LogP contribution in [0.3, 0.4) is 0 Å². The zero-order valence-corrected chi connectivity index (χ0v) is 17.8. The summed E-state index contributed by atoms with van der Waals surface area (Å²) < 4.78 is 13.5. The summed E-state index contributed by atoms with van der Waals surface area (Å²) in [5.41, 5.74) is 1.11. The summed E-state index contributed by atoms with van der Waals surface area (Å²) >= 11 is 0. The quantitative estimate of drug-likeness (QED) is 0.688. The lowest BCUT2D eigenvalue weighted by Gasteiger charge is -2.34. The van der Waals surface area contributed by atoms with E-state index in [4.69, 9.17) is 9.47 Å². The average Bonchev–Trinajstić information content (AvgIpc) is 3.55. The number of hydrogen-bond acceptors (Lipinski definition) is 5. The molecule has 1 aromatic rings. The molecular formula is C22H31N3O5. The fourth-order valence-electron chi connectivity index (χ4n) is 4.70.